The predicted molar refractivity (Wildman–Crippen MR) is 36.7 cm³/mol. The number of hydrogen-bond acceptors (Lipinski definition) is 0. The Kier molecular flexibility index (Phi) is 2.04. The molecule has 1 aliphatic rings. The second kappa shape index (κ2) is 2.81. The number of allylic oxidation sites excluding steroid dienone is 4. The number of halogens is 1. The summed E-state index contributed by atoms with van der Waals surface area (Å²) in [5.41, 5.74) is 0. The summed E-state index contributed by atoms with van der Waals surface area (Å²) < 4.78 is 12.3. The van der Waals surface area contributed by atoms with Gasteiger partial charge in [-0.2, -0.15) is 0 Å². The van der Waals surface area contributed by atoms with Crippen LogP contribution in [0.5, 0.6) is 0 Å². The molecular weight excluding hydrogens is 115 g/mol. The Balaban J connectivity index is 2.48. The molecule has 0 spiro atoms. The summed E-state index contributed by atoms with van der Waals surface area (Å²) in [7, 11) is 0. The Morgan fingerprint density at radius 3 is 3.00 bits per heavy atom. The van der Waals surface area contributed by atoms with Crippen LogP contribution < -0.4 is 0 Å². The van der Waals surface area contributed by atoms with E-state index in [1.807, 2.05) is 6.08 Å². The van der Waals surface area contributed by atoms with Gasteiger partial charge < -0.3 is 0 Å². The van der Waals surface area contributed by atoms with Gasteiger partial charge in [0, 0.05) is 0 Å². The largest absolute Gasteiger partial charge is 0.207 e. The summed E-state index contributed by atoms with van der Waals surface area (Å²) >= 11 is 0. The normalized spacial score (nSPS) is 26.0. The van der Waals surface area contributed by atoms with Crippen molar-refractivity contribution >= 4 is 0 Å². The molecule has 0 aromatic rings. The highest BCUT2D eigenvalue weighted by atomic mass is 19.1. The van der Waals surface area contributed by atoms with Crippen LogP contribution in [-0.2, 0) is 0 Å². The van der Waals surface area contributed by atoms with Gasteiger partial charge in [-0.1, -0.05) is 13.0 Å². The lowest BCUT2D eigenvalue weighted by Gasteiger charge is -2.09. The van der Waals surface area contributed by atoms with E-state index in [2.05, 4.69) is 6.92 Å². The van der Waals surface area contributed by atoms with E-state index in [1.54, 1.807) is 12.2 Å². The van der Waals surface area contributed by atoms with Crippen LogP contribution in [0.2, 0.25) is 0 Å². The van der Waals surface area contributed by atoms with Crippen LogP contribution in [0.15, 0.2) is 24.1 Å². The molecule has 0 heterocycles. The highest BCUT2D eigenvalue weighted by Crippen LogP contribution is 2.18. The van der Waals surface area contributed by atoms with Crippen molar-refractivity contribution in [1.29, 1.82) is 0 Å². The third-order valence-electron chi connectivity index (χ3n) is 1.67. The Bertz CT molecular complexity index is 145. The Labute approximate surface area is 55.1 Å². The topological polar surface area (TPSA) is 0 Å². The van der Waals surface area contributed by atoms with Gasteiger partial charge in [-0.3, -0.25) is 0 Å². The average molecular weight is 126 g/mol. The Hall–Kier alpha value is -0.590. The highest BCUT2D eigenvalue weighted by molar-refractivity contribution is 5.16. The first kappa shape index (κ1) is 6.53. The summed E-state index contributed by atoms with van der Waals surface area (Å²) in [6.07, 6.45) is 7.13. The van der Waals surface area contributed by atoms with Gasteiger partial charge in [0.2, 0.25) is 0 Å². The van der Waals surface area contributed by atoms with E-state index in [0.29, 0.717) is 5.92 Å². The van der Waals surface area contributed by atoms with Crippen molar-refractivity contribution in [3.8, 4) is 0 Å². The maximum atomic E-state index is 12.3. The van der Waals surface area contributed by atoms with Crippen molar-refractivity contribution in [3.63, 3.8) is 0 Å². The summed E-state index contributed by atoms with van der Waals surface area (Å²) in [4.78, 5) is 0. The standard InChI is InChI=1S/C8H11F/c1-2-7-3-5-8(9)6-4-7/h3,5-7H,2,4H2,1H3/t7-/m0/s1. The molecule has 0 unspecified atom stereocenters. The first-order chi connectivity index (χ1) is 4.33. The molecule has 0 nitrogen and oxygen atoms in total. The minimum Gasteiger partial charge on any atom is -0.207 e. The average Bonchev–Trinajstić information content (AvgIpc) is 1.90. The van der Waals surface area contributed by atoms with E-state index < -0.39 is 0 Å². The number of rotatable bonds is 1. The number of hydrogen-bond donors (Lipinski definition) is 0. The maximum Gasteiger partial charge on any atom is 0.118 e. The molecule has 0 radical (unpaired) electrons. The molecule has 0 fully saturated rings. The van der Waals surface area contributed by atoms with Gasteiger partial charge in [0.25, 0.3) is 0 Å². The lowest BCUT2D eigenvalue weighted by molar-refractivity contribution is 0.587. The molecule has 0 saturated heterocycles. The van der Waals surface area contributed by atoms with Crippen molar-refractivity contribution in [2.45, 2.75) is 19.8 Å². The van der Waals surface area contributed by atoms with Gasteiger partial charge in [0.1, 0.15) is 5.83 Å². The lowest BCUT2D eigenvalue weighted by Crippen LogP contribution is -1.95. The summed E-state index contributed by atoms with van der Waals surface area (Å²) in [6, 6.07) is 0. The molecule has 50 valence electrons. The van der Waals surface area contributed by atoms with Crippen molar-refractivity contribution < 1.29 is 4.39 Å². The van der Waals surface area contributed by atoms with Crippen LogP contribution in [0, 0.1) is 5.92 Å². The van der Waals surface area contributed by atoms with Crippen molar-refractivity contribution in [2.75, 3.05) is 0 Å². The lowest BCUT2D eigenvalue weighted by atomic mass is 9.98. The van der Waals surface area contributed by atoms with Crippen LogP contribution in [0.4, 0.5) is 4.39 Å². The summed E-state index contributed by atoms with van der Waals surface area (Å²) in [5.74, 6) is 0.490. The van der Waals surface area contributed by atoms with Gasteiger partial charge in [0.15, 0.2) is 0 Å². The summed E-state index contributed by atoms with van der Waals surface area (Å²) in [6.45, 7) is 2.12. The smallest absolute Gasteiger partial charge is 0.118 e. The van der Waals surface area contributed by atoms with Crippen molar-refractivity contribution in [1.82, 2.24) is 0 Å². The van der Waals surface area contributed by atoms with Gasteiger partial charge in [-0.25, -0.2) is 4.39 Å². The molecule has 0 N–H and O–H groups in total. The predicted octanol–water partition coefficient (Wildman–Crippen LogP) is 2.83. The van der Waals surface area contributed by atoms with E-state index >= 15 is 0 Å². The van der Waals surface area contributed by atoms with E-state index in [4.69, 9.17) is 0 Å². The molecule has 1 atom stereocenters. The van der Waals surface area contributed by atoms with Crippen LogP contribution in [0.1, 0.15) is 19.8 Å². The molecule has 0 saturated carbocycles. The van der Waals surface area contributed by atoms with Crippen LogP contribution in [-0.4, -0.2) is 0 Å². The quantitative estimate of drug-likeness (QED) is 0.506. The maximum absolute atomic E-state index is 12.3. The van der Waals surface area contributed by atoms with Gasteiger partial charge >= 0.3 is 0 Å². The molecule has 0 amide bonds. The van der Waals surface area contributed by atoms with Gasteiger partial charge in [-0.15, -0.1) is 0 Å². The second-order valence-corrected chi connectivity index (χ2v) is 2.35. The monoisotopic (exact) mass is 126 g/mol. The van der Waals surface area contributed by atoms with Gasteiger partial charge in [0.05, 0.1) is 0 Å². The minimum atomic E-state index is -0.0836. The molecule has 0 aliphatic heterocycles. The molecule has 9 heavy (non-hydrogen) atoms. The van der Waals surface area contributed by atoms with Crippen LogP contribution in [0.3, 0.4) is 0 Å². The molecule has 0 bridgehead atoms. The summed E-state index contributed by atoms with van der Waals surface area (Å²) in [5, 5.41) is 0. The van der Waals surface area contributed by atoms with Crippen LogP contribution in [0.25, 0.3) is 0 Å². The van der Waals surface area contributed by atoms with Gasteiger partial charge in [-0.05, 0) is 30.9 Å². The first-order valence-electron chi connectivity index (χ1n) is 3.36. The zero-order valence-corrected chi connectivity index (χ0v) is 5.60. The molecule has 0 aromatic heterocycles. The molecular formula is C8H11F. The zero-order chi connectivity index (χ0) is 6.69. The second-order valence-electron chi connectivity index (χ2n) is 2.35. The molecule has 1 heteroatoms. The van der Waals surface area contributed by atoms with Crippen LogP contribution >= 0.6 is 0 Å². The van der Waals surface area contributed by atoms with Crippen molar-refractivity contribution in [2.24, 2.45) is 5.92 Å². The SMILES string of the molecule is CC[C@H]1C=CC(F)=CC1. The van der Waals surface area contributed by atoms with Crippen molar-refractivity contribution in [3.05, 3.63) is 24.1 Å². The fraction of sp³-hybridized carbons (Fsp3) is 0.500. The fourth-order valence-corrected chi connectivity index (χ4v) is 0.941. The van der Waals surface area contributed by atoms with E-state index in [1.165, 1.54) is 0 Å². The third-order valence-corrected chi connectivity index (χ3v) is 1.67. The van der Waals surface area contributed by atoms with E-state index in [-0.39, 0.29) is 5.83 Å². The third kappa shape index (κ3) is 1.67. The zero-order valence-electron chi connectivity index (χ0n) is 5.60. The first-order valence-corrected chi connectivity index (χ1v) is 3.36. The van der Waals surface area contributed by atoms with E-state index in [9.17, 15) is 4.39 Å². The highest BCUT2D eigenvalue weighted by Gasteiger charge is 2.04. The molecule has 0 aromatic carbocycles. The molecule has 1 rings (SSSR count). The Morgan fingerprint density at radius 2 is 2.56 bits per heavy atom. The Morgan fingerprint density at radius 1 is 1.78 bits per heavy atom. The minimum absolute atomic E-state index is 0.0836. The molecule has 1 aliphatic carbocycles. The fourth-order valence-electron chi connectivity index (χ4n) is 0.941. The van der Waals surface area contributed by atoms with E-state index in [0.717, 1.165) is 12.8 Å².